The molecule has 2 saturated carbocycles. The normalized spacial score (nSPS) is 18.1. The summed E-state index contributed by atoms with van der Waals surface area (Å²) in [6.07, 6.45) is 4.45. The first-order chi connectivity index (χ1) is 21.3. The molecule has 2 amide bonds. The molecule has 2 aliphatic rings. The van der Waals surface area contributed by atoms with Gasteiger partial charge in [-0.15, -0.1) is 0 Å². The van der Waals surface area contributed by atoms with Crippen LogP contribution in [0.3, 0.4) is 0 Å². The lowest BCUT2D eigenvalue weighted by Gasteiger charge is -2.34. The summed E-state index contributed by atoms with van der Waals surface area (Å²) in [4.78, 5) is 27.5. The largest absolute Gasteiger partial charge is 0.416 e. The van der Waals surface area contributed by atoms with E-state index in [0.717, 1.165) is 34.6 Å². The topological polar surface area (TPSA) is 49.4 Å². The van der Waals surface area contributed by atoms with Gasteiger partial charge in [-0.2, -0.15) is 13.2 Å². The molecular formula is C37H55F5N2O2. The Hall–Kier alpha value is -2.97. The van der Waals surface area contributed by atoms with Crippen molar-refractivity contribution in [1.29, 1.82) is 0 Å². The summed E-state index contributed by atoms with van der Waals surface area (Å²) in [6.45, 7) is 18.6. The Morgan fingerprint density at radius 2 is 1.54 bits per heavy atom. The number of benzene rings is 1. The number of alkyl halides is 5. The Kier molecular flexibility index (Phi) is 16.4. The van der Waals surface area contributed by atoms with Gasteiger partial charge in [-0.3, -0.25) is 14.5 Å². The zero-order valence-corrected chi connectivity index (χ0v) is 29.0. The Morgan fingerprint density at radius 3 is 1.87 bits per heavy atom. The maximum Gasteiger partial charge on any atom is 0.416 e. The van der Waals surface area contributed by atoms with Gasteiger partial charge in [0.1, 0.15) is 6.04 Å². The molecule has 0 heterocycles. The van der Waals surface area contributed by atoms with Crippen LogP contribution in [0, 0.1) is 5.92 Å². The molecular weight excluding hydrogens is 599 g/mol. The van der Waals surface area contributed by atoms with Crippen LogP contribution >= 0.6 is 0 Å². The molecule has 0 bridgehead atoms. The van der Waals surface area contributed by atoms with Crippen LogP contribution in [0.5, 0.6) is 0 Å². The standard InChI is InChI=1S/C28H35F5N2O2.C6H12.C3H8/c1-7-19(17-20(8-2)28(31,32)33)24(25(37)34-22-13-15-27(29,30)16-14-22)35(18(3)36)23-11-9-21(10-12-23)26(4,5)6;1-2-6-4-3-5-6;1-3-2/h7-12,17,22,24H,1,13-16H2,2-6H3,(H,34,37);6H,2-5H2,1H3;3H2,1-2H3/b19-17+,20-8+;;. The fraction of sp³-hybridized carbons (Fsp3) is 0.622. The lowest BCUT2D eigenvalue weighted by atomic mass is 9.84. The Balaban J connectivity index is 0.00000102. The molecule has 1 unspecified atom stereocenters. The molecule has 1 aromatic carbocycles. The highest BCUT2D eigenvalue weighted by atomic mass is 19.4. The number of hydrogen-bond donors (Lipinski definition) is 1. The molecule has 1 N–H and O–H groups in total. The minimum Gasteiger partial charge on any atom is -0.351 e. The van der Waals surface area contributed by atoms with E-state index in [1.165, 1.54) is 46.0 Å². The smallest absolute Gasteiger partial charge is 0.351 e. The summed E-state index contributed by atoms with van der Waals surface area (Å²) >= 11 is 0. The van der Waals surface area contributed by atoms with Gasteiger partial charge in [-0.05, 0) is 60.4 Å². The van der Waals surface area contributed by atoms with Crippen molar-refractivity contribution >= 4 is 17.5 Å². The number of carbonyl (C=O) groups excluding carboxylic acids is 2. The summed E-state index contributed by atoms with van der Waals surface area (Å²) in [5.74, 6) is -3.06. The van der Waals surface area contributed by atoms with Gasteiger partial charge in [0.25, 0.3) is 0 Å². The van der Waals surface area contributed by atoms with E-state index in [9.17, 15) is 31.5 Å². The van der Waals surface area contributed by atoms with Crippen LogP contribution in [0.4, 0.5) is 27.6 Å². The first-order valence-corrected chi connectivity index (χ1v) is 16.5. The lowest BCUT2D eigenvalue weighted by Crippen LogP contribution is -2.53. The van der Waals surface area contributed by atoms with E-state index in [4.69, 9.17) is 0 Å². The third-order valence-corrected chi connectivity index (χ3v) is 8.23. The van der Waals surface area contributed by atoms with Crippen molar-refractivity contribution < 1.29 is 31.5 Å². The SMILES string of the molecule is C=C/C(=C\C(=C/C)C(F)(F)F)C(C(=O)NC1CCC(F)(F)CC1)N(C(C)=O)c1ccc(C(C)(C)C)cc1.CCC.CCC1CCC1. The highest BCUT2D eigenvalue weighted by Gasteiger charge is 2.39. The van der Waals surface area contributed by atoms with Crippen LogP contribution < -0.4 is 10.2 Å². The molecule has 0 aliphatic heterocycles. The number of rotatable bonds is 8. The van der Waals surface area contributed by atoms with Crippen LogP contribution in [0.2, 0.25) is 0 Å². The summed E-state index contributed by atoms with van der Waals surface area (Å²) in [5, 5.41) is 2.69. The predicted octanol–water partition coefficient (Wildman–Crippen LogP) is 10.6. The van der Waals surface area contributed by atoms with E-state index in [0.29, 0.717) is 5.69 Å². The number of halogens is 5. The zero-order valence-electron chi connectivity index (χ0n) is 29.0. The molecule has 0 saturated heterocycles. The van der Waals surface area contributed by atoms with Gasteiger partial charge in [0, 0.05) is 31.5 Å². The molecule has 2 aliphatic carbocycles. The minimum absolute atomic E-state index is 0.0155. The van der Waals surface area contributed by atoms with Crippen LogP contribution in [0.15, 0.2) is 60.2 Å². The predicted molar refractivity (Wildman–Crippen MR) is 179 cm³/mol. The van der Waals surface area contributed by atoms with Crippen LogP contribution in [0.1, 0.15) is 119 Å². The van der Waals surface area contributed by atoms with E-state index in [1.807, 2.05) is 20.8 Å². The van der Waals surface area contributed by atoms with Crippen molar-refractivity contribution in [3.8, 4) is 0 Å². The maximum atomic E-state index is 13.6. The molecule has 9 heteroatoms. The maximum absolute atomic E-state index is 13.6. The second kappa shape index (κ2) is 18.4. The molecule has 0 spiro atoms. The van der Waals surface area contributed by atoms with Crippen molar-refractivity contribution in [3.05, 3.63) is 65.8 Å². The Morgan fingerprint density at radius 1 is 1.02 bits per heavy atom. The van der Waals surface area contributed by atoms with Crippen LogP contribution in [-0.4, -0.2) is 36.0 Å². The number of anilines is 1. The molecule has 0 aromatic heterocycles. The average Bonchev–Trinajstić information content (AvgIpc) is 2.93. The number of nitrogens with one attached hydrogen (secondary N) is 1. The Bertz CT molecular complexity index is 1160. The van der Waals surface area contributed by atoms with Gasteiger partial charge in [-0.1, -0.05) is 105 Å². The molecule has 1 aromatic rings. The average molecular weight is 655 g/mol. The highest BCUT2D eigenvalue weighted by Crippen LogP contribution is 2.34. The van der Waals surface area contributed by atoms with Gasteiger partial charge in [0.2, 0.25) is 17.7 Å². The highest BCUT2D eigenvalue weighted by molar-refractivity contribution is 6.02. The van der Waals surface area contributed by atoms with E-state index >= 15 is 0 Å². The summed E-state index contributed by atoms with van der Waals surface area (Å²) in [7, 11) is 0. The van der Waals surface area contributed by atoms with Crippen molar-refractivity contribution in [1.82, 2.24) is 5.32 Å². The second-order valence-electron chi connectivity index (χ2n) is 13.2. The number of allylic oxidation sites excluding steroid dienone is 3. The molecule has 4 nitrogen and oxygen atoms in total. The van der Waals surface area contributed by atoms with Gasteiger partial charge in [-0.25, -0.2) is 8.78 Å². The van der Waals surface area contributed by atoms with Crippen LogP contribution in [0.25, 0.3) is 0 Å². The van der Waals surface area contributed by atoms with Crippen LogP contribution in [-0.2, 0) is 15.0 Å². The molecule has 3 rings (SSSR count). The van der Waals surface area contributed by atoms with E-state index in [1.54, 1.807) is 24.3 Å². The fourth-order valence-electron chi connectivity index (χ4n) is 5.18. The second-order valence-corrected chi connectivity index (χ2v) is 13.2. The third kappa shape index (κ3) is 13.0. The first-order valence-electron chi connectivity index (χ1n) is 16.5. The van der Waals surface area contributed by atoms with Crippen molar-refractivity contribution in [2.45, 2.75) is 143 Å². The lowest BCUT2D eigenvalue weighted by molar-refractivity contribution is -0.126. The molecule has 46 heavy (non-hydrogen) atoms. The van der Waals surface area contributed by atoms with E-state index < -0.39 is 54.4 Å². The number of amides is 2. The summed E-state index contributed by atoms with van der Waals surface area (Å²) in [5.41, 5.74) is -0.100. The van der Waals surface area contributed by atoms with Gasteiger partial charge < -0.3 is 5.32 Å². The van der Waals surface area contributed by atoms with E-state index in [-0.39, 0.29) is 23.8 Å². The number of nitrogens with zero attached hydrogens (tertiary/aromatic N) is 1. The third-order valence-electron chi connectivity index (χ3n) is 8.23. The summed E-state index contributed by atoms with van der Waals surface area (Å²) in [6, 6.07) is 4.73. The number of carbonyl (C=O) groups is 2. The summed E-state index contributed by atoms with van der Waals surface area (Å²) < 4.78 is 67.9. The molecule has 260 valence electrons. The Labute approximate surface area is 273 Å². The monoisotopic (exact) mass is 654 g/mol. The van der Waals surface area contributed by atoms with Crippen molar-refractivity contribution in [2.75, 3.05) is 4.90 Å². The van der Waals surface area contributed by atoms with E-state index in [2.05, 4.69) is 32.7 Å². The zero-order chi connectivity index (χ0) is 35.3. The van der Waals surface area contributed by atoms with Crippen molar-refractivity contribution in [2.24, 2.45) is 5.92 Å². The van der Waals surface area contributed by atoms with Crippen molar-refractivity contribution in [3.63, 3.8) is 0 Å². The first kappa shape index (κ1) is 41.1. The number of hydrogen-bond acceptors (Lipinski definition) is 2. The minimum atomic E-state index is -4.70. The van der Waals surface area contributed by atoms with Gasteiger partial charge in [0.05, 0.1) is 5.57 Å². The van der Waals surface area contributed by atoms with Gasteiger partial charge >= 0.3 is 6.18 Å². The molecule has 1 atom stereocenters. The molecule has 0 radical (unpaired) electrons. The fourth-order valence-corrected chi connectivity index (χ4v) is 5.18. The quantitative estimate of drug-likeness (QED) is 0.224. The molecule has 2 fully saturated rings. The van der Waals surface area contributed by atoms with Gasteiger partial charge in [0.15, 0.2) is 0 Å².